The number of hydrogen-bond acceptors (Lipinski definition) is 4. The fourth-order valence-electron chi connectivity index (χ4n) is 1.82. The average molecular weight is 243 g/mol. The van der Waals surface area contributed by atoms with Gasteiger partial charge < -0.3 is 9.47 Å². The van der Waals surface area contributed by atoms with Gasteiger partial charge in [-0.3, -0.25) is 0 Å². The molecule has 4 nitrogen and oxygen atoms in total. The second-order valence-corrected chi connectivity index (χ2v) is 4.42. The predicted octanol–water partition coefficient (Wildman–Crippen LogP) is 2.40. The van der Waals surface area contributed by atoms with Crippen molar-refractivity contribution >= 4 is 17.9 Å². The number of rotatable bonds is 3. The molecule has 18 heavy (non-hydrogen) atoms. The van der Waals surface area contributed by atoms with Crippen molar-refractivity contribution in [3.63, 3.8) is 0 Å². The van der Waals surface area contributed by atoms with Crippen molar-refractivity contribution in [3.05, 3.63) is 35.5 Å². The molecule has 1 aliphatic heterocycles. The van der Waals surface area contributed by atoms with Crippen LogP contribution in [0.15, 0.2) is 35.0 Å². The minimum Gasteiger partial charge on any atom is -0.497 e. The summed E-state index contributed by atoms with van der Waals surface area (Å²) in [6.45, 7) is 0. The molecule has 0 atom stereocenters. The van der Waals surface area contributed by atoms with Crippen LogP contribution in [0.2, 0.25) is 0 Å². The van der Waals surface area contributed by atoms with Crippen molar-refractivity contribution in [2.45, 2.75) is 12.8 Å². The van der Waals surface area contributed by atoms with Gasteiger partial charge >= 0.3 is 5.97 Å². The zero-order valence-electron chi connectivity index (χ0n) is 10.1. The molecule has 3 rings (SSSR count). The third-order valence-electron chi connectivity index (χ3n) is 2.96. The number of benzene rings is 1. The molecule has 0 aromatic heterocycles. The summed E-state index contributed by atoms with van der Waals surface area (Å²) in [5.41, 5.74) is 1.24. The molecule has 92 valence electrons. The van der Waals surface area contributed by atoms with Gasteiger partial charge in [0.1, 0.15) is 5.75 Å². The summed E-state index contributed by atoms with van der Waals surface area (Å²) in [5.74, 6) is 1.32. The van der Waals surface area contributed by atoms with Gasteiger partial charge in [-0.1, -0.05) is 12.1 Å². The van der Waals surface area contributed by atoms with Gasteiger partial charge in [0.05, 0.1) is 7.11 Å². The highest BCUT2D eigenvalue weighted by Gasteiger charge is 2.35. The second kappa shape index (κ2) is 4.29. The summed E-state index contributed by atoms with van der Waals surface area (Å²) in [6, 6.07) is 7.48. The maximum absolute atomic E-state index is 11.6. The lowest BCUT2D eigenvalue weighted by Crippen LogP contribution is -2.05. The molecule has 0 unspecified atom stereocenters. The van der Waals surface area contributed by atoms with Gasteiger partial charge in [0.25, 0.3) is 0 Å². The highest BCUT2D eigenvalue weighted by atomic mass is 16.6. The molecule has 1 aromatic carbocycles. The third-order valence-corrected chi connectivity index (χ3v) is 2.96. The largest absolute Gasteiger partial charge is 0.497 e. The molecule has 0 spiro atoms. The molecule has 0 saturated heterocycles. The lowest BCUT2D eigenvalue weighted by Gasteiger charge is -2.00. The number of nitrogens with zero attached hydrogens (tertiary/aromatic N) is 1. The van der Waals surface area contributed by atoms with Gasteiger partial charge in [-0.15, -0.1) is 0 Å². The van der Waals surface area contributed by atoms with Gasteiger partial charge in [-0.2, -0.15) is 0 Å². The van der Waals surface area contributed by atoms with E-state index in [4.69, 9.17) is 9.47 Å². The molecule has 1 fully saturated rings. The molecule has 0 radical (unpaired) electrons. The topological polar surface area (TPSA) is 47.9 Å². The molecule has 4 heteroatoms. The number of carbonyl (C=O) groups excluding carboxylic acids is 1. The highest BCUT2D eigenvalue weighted by molar-refractivity contribution is 6.08. The standard InChI is InChI=1S/C14H13NO3/c1-17-11-4-2-3-9(7-11)8-12-14(16)18-13(15-12)10-5-6-10/h2-4,7-8,10H,5-6H2,1H3/b12-8+. The first-order valence-electron chi connectivity index (χ1n) is 5.93. The number of cyclic esters (lactones) is 1. The molecule has 2 aliphatic rings. The zero-order valence-corrected chi connectivity index (χ0v) is 10.1. The van der Waals surface area contributed by atoms with Crippen molar-refractivity contribution in [1.82, 2.24) is 0 Å². The van der Waals surface area contributed by atoms with Crippen LogP contribution in [0, 0.1) is 5.92 Å². The SMILES string of the molecule is COc1cccc(/C=C2/N=C(C3CC3)OC2=O)c1. The van der Waals surface area contributed by atoms with Crippen molar-refractivity contribution in [2.24, 2.45) is 10.9 Å². The second-order valence-electron chi connectivity index (χ2n) is 4.42. The first-order chi connectivity index (χ1) is 8.76. The smallest absolute Gasteiger partial charge is 0.363 e. The summed E-state index contributed by atoms with van der Waals surface area (Å²) in [4.78, 5) is 15.9. The Morgan fingerprint density at radius 2 is 2.28 bits per heavy atom. The Labute approximate surface area is 105 Å². The Kier molecular flexibility index (Phi) is 2.63. The maximum Gasteiger partial charge on any atom is 0.363 e. The minimum absolute atomic E-state index is 0.352. The minimum atomic E-state index is -0.361. The number of aliphatic imine (C=N–C) groups is 1. The van der Waals surface area contributed by atoms with Crippen molar-refractivity contribution < 1.29 is 14.3 Å². The molecule has 0 N–H and O–H groups in total. The van der Waals surface area contributed by atoms with Crippen LogP contribution in [0.25, 0.3) is 6.08 Å². The van der Waals surface area contributed by atoms with Crippen LogP contribution in [0.1, 0.15) is 18.4 Å². The first kappa shape index (κ1) is 11.0. The van der Waals surface area contributed by atoms with Gasteiger partial charge in [0, 0.05) is 5.92 Å². The molecule has 1 aliphatic carbocycles. The van der Waals surface area contributed by atoms with Crippen LogP contribution >= 0.6 is 0 Å². The highest BCUT2D eigenvalue weighted by Crippen LogP contribution is 2.34. The van der Waals surface area contributed by atoms with E-state index in [0.717, 1.165) is 24.2 Å². The van der Waals surface area contributed by atoms with Crippen molar-refractivity contribution in [3.8, 4) is 5.75 Å². The number of hydrogen-bond donors (Lipinski definition) is 0. The first-order valence-corrected chi connectivity index (χ1v) is 5.93. The van der Waals surface area contributed by atoms with E-state index in [1.165, 1.54) is 0 Å². The average Bonchev–Trinajstić information content (AvgIpc) is 3.16. The summed E-state index contributed by atoms with van der Waals surface area (Å²) in [5, 5.41) is 0. The number of esters is 1. The van der Waals surface area contributed by atoms with Crippen molar-refractivity contribution in [2.75, 3.05) is 7.11 Å². The summed E-state index contributed by atoms with van der Waals surface area (Å²) < 4.78 is 10.3. The van der Waals surface area contributed by atoms with Crippen LogP contribution in [0.4, 0.5) is 0 Å². The molecular formula is C14H13NO3. The Balaban J connectivity index is 1.88. The van der Waals surface area contributed by atoms with Gasteiger partial charge in [-0.25, -0.2) is 9.79 Å². The van der Waals surface area contributed by atoms with Gasteiger partial charge in [-0.05, 0) is 36.6 Å². The Hall–Kier alpha value is -2.10. The molecular weight excluding hydrogens is 230 g/mol. The van der Waals surface area contributed by atoms with E-state index in [1.54, 1.807) is 13.2 Å². The molecule has 0 bridgehead atoms. The van der Waals surface area contributed by atoms with Crippen LogP contribution in [-0.4, -0.2) is 19.0 Å². The molecule has 1 aromatic rings. The Morgan fingerprint density at radius 1 is 1.44 bits per heavy atom. The monoisotopic (exact) mass is 243 g/mol. The summed E-state index contributed by atoms with van der Waals surface area (Å²) in [7, 11) is 1.61. The van der Waals surface area contributed by atoms with E-state index in [9.17, 15) is 4.79 Å². The zero-order chi connectivity index (χ0) is 12.5. The van der Waals surface area contributed by atoms with Crippen LogP contribution < -0.4 is 4.74 Å². The van der Waals surface area contributed by atoms with Crippen LogP contribution in [0.3, 0.4) is 0 Å². The van der Waals surface area contributed by atoms with Crippen LogP contribution in [-0.2, 0) is 9.53 Å². The summed E-state index contributed by atoms with van der Waals surface area (Å²) in [6.07, 6.45) is 3.86. The Bertz CT molecular complexity index is 556. The van der Waals surface area contributed by atoms with E-state index in [1.807, 2.05) is 24.3 Å². The fraction of sp³-hybridized carbons (Fsp3) is 0.286. The third kappa shape index (κ3) is 2.14. The number of methoxy groups -OCH3 is 1. The van der Waals surface area contributed by atoms with E-state index in [2.05, 4.69) is 4.99 Å². The lowest BCUT2D eigenvalue weighted by molar-refractivity contribution is -0.130. The Morgan fingerprint density at radius 3 is 3.00 bits per heavy atom. The molecule has 1 heterocycles. The molecule has 0 amide bonds. The predicted molar refractivity (Wildman–Crippen MR) is 67.2 cm³/mol. The quantitative estimate of drug-likeness (QED) is 0.605. The van der Waals surface area contributed by atoms with Crippen LogP contribution in [0.5, 0.6) is 5.75 Å². The number of carbonyl (C=O) groups is 1. The van der Waals surface area contributed by atoms with E-state index in [-0.39, 0.29) is 5.97 Å². The normalized spacial score (nSPS) is 20.8. The fourth-order valence-corrected chi connectivity index (χ4v) is 1.82. The summed E-state index contributed by atoms with van der Waals surface area (Å²) >= 11 is 0. The van der Waals surface area contributed by atoms with Gasteiger partial charge in [0.2, 0.25) is 5.90 Å². The maximum atomic E-state index is 11.6. The van der Waals surface area contributed by atoms with Crippen molar-refractivity contribution in [1.29, 1.82) is 0 Å². The van der Waals surface area contributed by atoms with E-state index < -0.39 is 0 Å². The number of ether oxygens (including phenoxy) is 2. The van der Waals surface area contributed by atoms with E-state index >= 15 is 0 Å². The lowest BCUT2D eigenvalue weighted by atomic mass is 10.2. The van der Waals surface area contributed by atoms with Gasteiger partial charge in [0.15, 0.2) is 5.70 Å². The molecule has 1 saturated carbocycles. The van der Waals surface area contributed by atoms with E-state index in [0.29, 0.717) is 17.5 Å².